The molecule has 29 heavy (non-hydrogen) atoms. The zero-order chi connectivity index (χ0) is 20.6. The number of nitrogens with zero attached hydrogens (tertiary/aromatic N) is 4. The molecule has 0 unspecified atom stereocenters. The molecule has 4 rings (SSSR count). The van der Waals surface area contributed by atoms with Gasteiger partial charge >= 0.3 is 6.03 Å². The zero-order valence-corrected chi connectivity index (χ0v) is 18.8. The lowest BCUT2D eigenvalue weighted by Crippen LogP contribution is -2.55. The topological polar surface area (TPSA) is 47.1 Å². The van der Waals surface area contributed by atoms with E-state index in [1.165, 1.54) is 41.3 Å². The number of hydrogen-bond acceptors (Lipinski definition) is 5. The van der Waals surface area contributed by atoms with Gasteiger partial charge in [-0.2, -0.15) is 0 Å². The van der Waals surface area contributed by atoms with Crippen molar-refractivity contribution in [2.45, 2.75) is 58.2 Å². The Hall–Kier alpha value is -1.44. The predicted molar refractivity (Wildman–Crippen MR) is 116 cm³/mol. The third-order valence-electron chi connectivity index (χ3n) is 6.73. The molecule has 3 amide bonds. The summed E-state index contributed by atoms with van der Waals surface area (Å²) in [4.78, 5) is 35.3. The monoisotopic (exact) mass is 418 g/mol. The van der Waals surface area contributed by atoms with E-state index in [2.05, 4.69) is 21.2 Å². The first-order chi connectivity index (χ1) is 13.9. The summed E-state index contributed by atoms with van der Waals surface area (Å²) in [6.07, 6.45) is 4.12. The van der Waals surface area contributed by atoms with Gasteiger partial charge in [0.25, 0.3) is 5.91 Å². The van der Waals surface area contributed by atoms with Crippen LogP contribution in [0.4, 0.5) is 4.79 Å². The number of likely N-dealkylation sites (tertiary alicyclic amines) is 2. The summed E-state index contributed by atoms with van der Waals surface area (Å²) in [6.45, 7) is 10.8. The molecule has 1 spiro atoms. The molecule has 3 aliphatic rings. The van der Waals surface area contributed by atoms with Gasteiger partial charge in [0.15, 0.2) is 0 Å². The molecule has 3 saturated heterocycles. The number of piperidine rings is 1. The lowest BCUT2D eigenvalue weighted by atomic mass is 9.86. The largest absolute Gasteiger partial charge is 0.327 e. The quantitative estimate of drug-likeness (QED) is 0.666. The highest BCUT2D eigenvalue weighted by molar-refractivity contribution is 7.10. The molecule has 0 aromatic carbocycles. The molecular weight excluding hydrogens is 384 g/mol. The van der Waals surface area contributed by atoms with Crippen molar-refractivity contribution in [1.82, 2.24) is 19.6 Å². The average Bonchev–Trinajstić information content (AvgIpc) is 3.40. The van der Waals surface area contributed by atoms with Gasteiger partial charge in [-0.05, 0) is 61.7 Å². The van der Waals surface area contributed by atoms with Crippen LogP contribution in [0, 0.1) is 5.92 Å². The molecule has 7 heteroatoms. The Morgan fingerprint density at radius 1 is 1.03 bits per heavy atom. The van der Waals surface area contributed by atoms with Crippen LogP contribution in [0.15, 0.2) is 11.4 Å². The summed E-state index contributed by atoms with van der Waals surface area (Å²) in [6, 6.07) is 2.23. The number of thiophene rings is 1. The lowest BCUT2D eigenvalue weighted by Gasteiger charge is -2.40. The fourth-order valence-electron chi connectivity index (χ4n) is 5.01. The highest BCUT2D eigenvalue weighted by Gasteiger charge is 2.56. The maximum Gasteiger partial charge on any atom is 0.327 e. The summed E-state index contributed by atoms with van der Waals surface area (Å²) in [5.74, 6) is 0.308. The summed E-state index contributed by atoms with van der Waals surface area (Å²) in [5, 5.41) is 2.30. The van der Waals surface area contributed by atoms with Crippen molar-refractivity contribution in [3.8, 4) is 0 Å². The highest BCUT2D eigenvalue weighted by atomic mass is 32.1. The molecule has 0 radical (unpaired) electrons. The maximum absolute atomic E-state index is 13.1. The lowest BCUT2D eigenvalue weighted by molar-refractivity contribution is -0.135. The molecule has 3 aliphatic heterocycles. The van der Waals surface area contributed by atoms with Gasteiger partial charge in [0.1, 0.15) is 5.54 Å². The average molecular weight is 419 g/mol. The molecule has 0 atom stereocenters. The number of carbonyl (C=O) groups excluding carboxylic acids is 2. The number of hydrogen-bond donors (Lipinski definition) is 0. The minimum absolute atomic E-state index is 0.0161. The SMILES string of the molecule is CC(C)CN1C(=O)N(C)C2(CCN(Cc3cc(CN4CCCC4)cs3)CC2)C1=O. The summed E-state index contributed by atoms with van der Waals surface area (Å²) in [7, 11) is 1.81. The fourth-order valence-corrected chi connectivity index (χ4v) is 5.94. The summed E-state index contributed by atoms with van der Waals surface area (Å²) < 4.78 is 0. The van der Waals surface area contributed by atoms with Gasteiger partial charge in [0, 0.05) is 44.6 Å². The number of amides is 3. The van der Waals surface area contributed by atoms with Gasteiger partial charge in [0.2, 0.25) is 0 Å². The third kappa shape index (κ3) is 4.09. The van der Waals surface area contributed by atoms with E-state index in [1.807, 2.05) is 25.2 Å². The second-order valence-corrected chi connectivity index (χ2v) is 10.4. The standard InChI is InChI=1S/C22H34N4O2S/c1-17(2)13-26-20(27)22(23(3)21(26)28)6-10-25(11-7-22)15-19-12-18(16-29-19)14-24-8-4-5-9-24/h12,16-17H,4-11,13-15H2,1-3H3. The van der Waals surface area contributed by atoms with E-state index in [1.54, 1.807) is 11.9 Å². The first kappa shape index (κ1) is 20.8. The van der Waals surface area contributed by atoms with Crippen molar-refractivity contribution in [3.05, 3.63) is 21.9 Å². The van der Waals surface area contributed by atoms with Gasteiger partial charge < -0.3 is 4.90 Å². The van der Waals surface area contributed by atoms with Crippen LogP contribution in [0.1, 0.15) is 50.0 Å². The van der Waals surface area contributed by atoms with Crippen LogP contribution in [0.3, 0.4) is 0 Å². The van der Waals surface area contributed by atoms with E-state index in [0.29, 0.717) is 12.5 Å². The zero-order valence-electron chi connectivity index (χ0n) is 18.0. The molecular formula is C22H34N4O2S. The molecule has 1 aromatic rings. The van der Waals surface area contributed by atoms with Gasteiger partial charge in [-0.1, -0.05) is 13.8 Å². The molecule has 1 aromatic heterocycles. The van der Waals surface area contributed by atoms with E-state index in [4.69, 9.17) is 0 Å². The van der Waals surface area contributed by atoms with E-state index < -0.39 is 5.54 Å². The van der Waals surface area contributed by atoms with E-state index >= 15 is 0 Å². The van der Waals surface area contributed by atoms with E-state index in [-0.39, 0.29) is 11.9 Å². The van der Waals surface area contributed by atoms with Crippen LogP contribution in [-0.4, -0.2) is 76.8 Å². The van der Waals surface area contributed by atoms with Crippen molar-refractivity contribution in [3.63, 3.8) is 0 Å². The molecule has 0 bridgehead atoms. The van der Waals surface area contributed by atoms with Gasteiger partial charge in [-0.25, -0.2) is 4.79 Å². The predicted octanol–water partition coefficient (Wildman–Crippen LogP) is 3.23. The second-order valence-electron chi connectivity index (χ2n) is 9.36. The second kappa shape index (κ2) is 8.36. The fraction of sp³-hybridized carbons (Fsp3) is 0.727. The number of rotatable bonds is 6. The minimum Gasteiger partial charge on any atom is -0.312 e. The number of urea groups is 1. The van der Waals surface area contributed by atoms with Crippen molar-refractivity contribution in [2.75, 3.05) is 39.8 Å². The summed E-state index contributed by atoms with van der Waals surface area (Å²) in [5.41, 5.74) is 0.805. The van der Waals surface area contributed by atoms with Crippen LogP contribution in [-0.2, 0) is 17.9 Å². The third-order valence-corrected chi connectivity index (χ3v) is 7.70. The van der Waals surface area contributed by atoms with Crippen LogP contribution in [0.5, 0.6) is 0 Å². The molecule has 6 nitrogen and oxygen atoms in total. The number of carbonyl (C=O) groups is 2. The number of imide groups is 1. The Kier molecular flexibility index (Phi) is 6.00. The van der Waals surface area contributed by atoms with Crippen molar-refractivity contribution in [1.29, 1.82) is 0 Å². The van der Waals surface area contributed by atoms with E-state index in [9.17, 15) is 9.59 Å². The molecule has 4 heterocycles. The Morgan fingerprint density at radius 2 is 1.69 bits per heavy atom. The highest BCUT2D eigenvalue weighted by Crippen LogP contribution is 2.37. The van der Waals surface area contributed by atoms with Crippen molar-refractivity contribution >= 4 is 23.3 Å². The molecule has 0 saturated carbocycles. The van der Waals surface area contributed by atoms with Crippen molar-refractivity contribution in [2.24, 2.45) is 5.92 Å². The maximum atomic E-state index is 13.1. The first-order valence-electron chi connectivity index (χ1n) is 11.0. The molecule has 3 fully saturated rings. The van der Waals surface area contributed by atoms with Crippen LogP contribution in [0.25, 0.3) is 0 Å². The molecule has 0 aliphatic carbocycles. The Bertz CT molecular complexity index is 748. The molecule has 0 N–H and O–H groups in total. The van der Waals surface area contributed by atoms with Gasteiger partial charge in [-0.3, -0.25) is 19.5 Å². The van der Waals surface area contributed by atoms with Crippen LogP contribution < -0.4 is 0 Å². The van der Waals surface area contributed by atoms with E-state index in [0.717, 1.165) is 39.0 Å². The minimum atomic E-state index is -0.626. The van der Waals surface area contributed by atoms with Gasteiger partial charge in [-0.15, -0.1) is 11.3 Å². The number of likely N-dealkylation sites (N-methyl/N-ethyl adjacent to an activating group) is 1. The Morgan fingerprint density at radius 3 is 2.34 bits per heavy atom. The summed E-state index contributed by atoms with van der Waals surface area (Å²) >= 11 is 1.85. The van der Waals surface area contributed by atoms with Crippen LogP contribution >= 0.6 is 11.3 Å². The smallest absolute Gasteiger partial charge is 0.312 e. The molecule has 160 valence electrons. The first-order valence-corrected chi connectivity index (χ1v) is 11.9. The van der Waals surface area contributed by atoms with Crippen molar-refractivity contribution < 1.29 is 9.59 Å². The van der Waals surface area contributed by atoms with Crippen LogP contribution in [0.2, 0.25) is 0 Å². The van der Waals surface area contributed by atoms with Gasteiger partial charge in [0.05, 0.1) is 0 Å². The Labute approximate surface area is 178 Å². The Balaban J connectivity index is 1.34. The normalized spacial score (nSPS) is 23.3.